The minimum Gasteiger partial charge on any atom is -0.388 e. The predicted octanol–water partition coefficient (Wildman–Crippen LogP) is 2.61. The van der Waals surface area contributed by atoms with Crippen LogP contribution in [0.1, 0.15) is 22.8 Å². The number of amides is 1. The Morgan fingerprint density at radius 2 is 2.14 bits per heavy atom. The van der Waals surface area contributed by atoms with Gasteiger partial charge in [-0.1, -0.05) is 0 Å². The van der Waals surface area contributed by atoms with Crippen LogP contribution in [0.5, 0.6) is 0 Å². The van der Waals surface area contributed by atoms with Crippen LogP contribution in [0, 0.1) is 0 Å². The van der Waals surface area contributed by atoms with Gasteiger partial charge in [0.25, 0.3) is 5.91 Å². The largest absolute Gasteiger partial charge is 0.418 e. The Morgan fingerprint density at radius 1 is 1.43 bits per heavy atom. The fraction of sp³-hybridized carbons (Fsp3) is 0.500. The molecule has 0 radical (unpaired) electrons. The number of benzene rings is 1. The van der Waals surface area contributed by atoms with Crippen molar-refractivity contribution in [3.63, 3.8) is 0 Å². The highest BCUT2D eigenvalue weighted by molar-refractivity contribution is 5.95. The van der Waals surface area contributed by atoms with Gasteiger partial charge < -0.3 is 15.0 Å². The average molecular weight is 302 g/mol. The third kappa shape index (κ3) is 3.47. The molecule has 1 atom stereocenters. The van der Waals surface area contributed by atoms with Crippen molar-refractivity contribution in [3.05, 3.63) is 29.3 Å². The molecule has 1 unspecified atom stereocenters. The van der Waals surface area contributed by atoms with E-state index in [-0.39, 0.29) is 17.4 Å². The average Bonchev–Trinajstić information content (AvgIpc) is 2.45. The van der Waals surface area contributed by atoms with Crippen molar-refractivity contribution in [2.75, 3.05) is 32.1 Å². The number of nitrogens with one attached hydrogen (secondary N) is 1. The van der Waals surface area contributed by atoms with Crippen molar-refractivity contribution in [1.29, 1.82) is 0 Å². The number of morpholine rings is 1. The molecule has 1 aromatic rings. The standard InChI is InChI=1S/C14H17F3N2O2/c1-9-8-19(5-6-21-9)13(20)10-3-4-12(18-2)11(7-10)14(15,16)17/h3-4,7,9,18H,5-6,8H2,1-2H3. The second kappa shape index (κ2) is 5.93. The molecular formula is C14H17F3N2O2. The van der Waals surface area contributed by atoms with Crippen LogP contribution in [0.4, 0.5) is 18.9 Å². The first-order valence-corrected chi connectivity index (χ1v) is 6.63. The fourth-order valence-corrected chi connectivity index (χ4v) is 2.32. The number of hydrogen-bond acceptors (Lipinski definition) is 3. The van der Waals surface area contributed by atoms with Crippen LogP contribution in [-0.2, 0) is 10.9 Å². The van der Waals surface area contributed by atoms with Gasteiger partial charge in [0.05, 0.1) is 18.3 Å². The van der Waals surface area contributed by atoms with E-state index in [1.54, 1.807) is 0 Å². The Labute approximate surface area is 120 Å². The lowest BCUT2D eigenvalue weighted by Gasteiger charge is -2.31. The number of carbonyl (C=O) groups is 1. The van der Waals surface area contributed by atoms with E-state index in [9.17, 15) is 18.0 Å². The summed E-state index contributed by atoms with van der Waals surface area (Å²) < 4.78 is 44.3. The lowest BCUT2D eigenvalue weighted by molar-refractivity contribution is -0.137. The van der Waals surface area contributed by atoms with Gasteiger partial charge in [-0.15, -0.1) is 0 Å². The van der Waals surface area contributed by atoms with E-state index in [4.69, 9.17) is 4.74 Å². The van der Waals surface area contributed by atoms with Gasteiger partial charge in [0.15, 0.2) is 0 Å². The molecule has 7 heteroatoms. The number of rotatable bonds is 2. The molecule has 4 nitrogen and oxygen atoms in total. The van der Waals surface area contributed by atoms with Crippen molar-refractivity contribution >= 4 is 11.6 Å². The van der Waals surface area contributed by atoms with Crippen molar-refractivity contribution in [2.24, 2.45) is 0 Å². The molecule has 0 bridgehead atoms. The summed E-state index contributed by atoms with van der Waals surface area (Å²) in [6.45, 7) is 2.99. The van der Waals surface area contributed by atoms with Crippen LogP contribution < -0.4 is 5.32 Å². The fourth-order valence-electron chi connectivity index (χ4n) is 2.32. The second-order valence-corrected chi connectivity index (χ2v) is 4.94. The Hall–Kier alpha value is -1.76. The molecule has 0 aliphatic carbocycles. The number of anilines is 1. The van der Waals surface area contributed by atoms with Crippen LogP contribution >= 0.6 is 0 Å². The highest BCUT2D eigenvalue weighted by atomic mass is 19.4. The molecule has 1 N–H and O–H groups in total. The molecule has 1 fully saturated rings. The Bertz CT molecular complexity index is 531. The summed E-state index contributed by atoms with van der Waals surface area (Å²) in [4.78, 5) is 13.8. The maximum atomic E-state index is 13.0. The van der Waals surface area contributed by atoms with E-state index in [0.29, 0.717) is 19.7 Å². The van der Waals surface area contributed by atoms with E-state index >= 15 is 0 Å². The number of halogens is 3. The molecule has 1 aliphatic heterocycles. The first kappa shape index (κ1) is 15.6. The number of ether oxygens (including phenoxy) is 1. The lowest BCUT2D eigenvalue weighted by atomic mass is 10.1. The molecule has 1 saturated heterocycles. The van der Waals surface area contributed by atoms with Gasteiger partial charge in [0.1, 0.15) is 0 Å². The van der Waals surface area contributed by atoms with Gasteiger partial charge in [-0.05, 0) is 25.1 Å². The zero-order chi connectivity index (χ0) is 15.6. The highest BCUT2D eigenvalue weighted by Crippen LogP contribution is 2.35. The number of carbonyl (C=O) groups excluding carboxylic acids is 1. The second-order valence-electron chi connectivity index (χ2n) is 4.94. The third-order valence-corrected chi connectivity index (χ3v) is 3.37. The molecule has 0 saturated carbocycles. The van der Waals surface area contributed by atoms with Crippen molar-refractivity contribution in [1.82, 2.24) is 4.90 Å². The van der Waals surface area contributed by atoms with Gasteiger partial charge >= 0.3 is 6.18 Å². The van der Waals surface area contributed by atoms with Crippen LogP contribution in [0.2, 0.25) is 0 Å². The number of hydrogen-bond donors (Lipinski definition) is 1. The zero-order valence-electron chi connectivity index (χ0n) is 11.8. The third-order valence-electron chi connectivity index (χ3n) is 3.37. The molecular weight excluding hydrogens is 285 g/mol. The topological polar surface area (TPSA) is 41.6 Å². The van der Waals surface area contributed by atoms with Crippen molar-refractivity contribution in [3.8, 4) is 0 Å². The van der Waals surface area contributed by atoms with E-state index in [1.807, 2.05) is 6.92 Å². The summed E-state index contributed by atoms with van der Waals surface area (Å²) in [7, 11) is 1.41. The van der Waals surface area contributed by atoms with Gasteiger partial charge in [-0.2, -0.15) is 13.2 Å². The van der Waals surface area contributed by atoms with Crippen molar-refractivity contribution in [2.45, 2.75) is 19.2 Å². The monoisotopic (exact) mass is 302 g/mol. The van der Waals surface area contributed by atoms with Gasteiger partial charge in [0.2, 0.25) is 0 Å². The summed E-state index contributed by atoms with van der Waals surface area (Å²) in [6.07, 6.45) is -4.62. The van der Waals surface area contributed by atoms with E-state index in [0.717, 1.165) is 6.07 Å². The molecule has 0 aromatic heterocycles. The van der Waals surface area contributed by atoms with Gasteiger partial charge in [0, 0.05) is 31.4 Å². The molecule has 1 heterocycles. The molecule has 116 valence electrons. The van der Waals surface area contributed by atoms with E-state index in [1.165, 1.54) is 24.1 Å². The summed E-state index contributed by atoms with van der Waals surface area (Å²) in [5, 5.41) is 2.49. The summed E-state index contributed by atoms with van der Waals surface area (Å²) >= 11 is 0. The molecule has 1 amide bonds. The van der Waals surface area contributed by atoms with Crippen molar-refractivity contribution < 1.29 is 22.7 Å². The molecule has 2 rings (SSSR count). The van der Waals surface area contributed by atoms with E-state index < -0.39 is 17.6 Å². The van der Waals surface area contributed by atoms with E-state index in [2.05, 4.69) is 5.32 Å². The number of alkyl halides is 3. The quantitative estimate of drug-likeness (QED) is 0.913. The smallest absolute Gasteiger partial charge is 0.388 e. The van der Waals surface area contributed by atoms with Crippen LogP contribution in [-0.4, -0.2) is 43.7 Å². The van der Waals surface area contributed by atoms with Crippen LogP contribution in [0.25, 0.3) is 0 Å². The zero-order valence-corrected chi connectivity index (χ0v) is 11.8. The van der Waals surface area contributed by atoms with Crippen LogP contribution in [0.3, 0.4) is 0 Å². The first-order chi connectivity index (χ1) is 9.82. The maximum absolute atomic E-state index is 13.0. The Morgan fingerprint density at radius 3 is 2.71 bits per heavy atom. The lowest BCUT2D eigenvalue weighted by Crippen LogP contribution is -2.44. The maximum Gasteiger partial charge on any atom is 0.418 e. The first-order valence-electron chi connectivity index (χ1n) is 6.63. The van der Waals surface area contributed by atoms with Crippen LogP contribution in [0.15, 0.2) is 18.2 Å². The summed E-state index contributed by atoms with van der Waals surface area (Å²) in [5.74, 6) is -0.404. The van der Waals surface area contributed by atoms with Gasteiger partial charge in [-0.25, -0.2) is 0 Å². The number of nitrogens with zero attached hydrogens (tertiary/aromatic N) is 1. The molecule has 1 aromatic carbocycles. The predicted molar refractivity (Wildman–Crippen MR) is 72.3 cm³/mol. The molecule has 1 aliphatic rings. The summed E-state index contributed by atoms with van der Waals surface area (Å²) in [6, 6.07) is 3.58. The minimum absolute atomic E-state index is 0.0374. The Kier molecular flexibility index (Phi) is 4.41. The molecule has 21 heavy (non-hydrogen) atoms. The normalized spacial score (nSPS) is 19.5. The highest BCUT2D eigenvalue weighted by Gasteiger charge is 2.34. The Balaban J connectivity index is 2.29. The van der Waals surface area contributed by atoms with Gasteiger partial charge in [-0.3, -0.25) is 4.79 Å². The summed E-state index contributed by atoms with van der Waals surface area (Å²) in [5.41, 5.74) is -0.845. The SMILES string of the molecule is CNc1ccc(C(=O)N2CCOC(C)C2)cc1C(F)(F)F. The minimum atomic E-state index is -4.51. The molecule has 0 spiro atoms.